The van der Waals surface area contributed by atoms with Gasteiger partial charge in [0.15, 0.2) is 5.54 Å². The monoisotopic (exact) mass is 459 g/mol. The second-order valence-corrected chi connectivity index (χ2v) is 8.35. The second kappa shape index (κ2) is 8.22. The molecule has 0 N–H and O–H groups in total. The van der Waals surface area contributed by atoms with Crippen LogP contribution in [0, 0.1) is 0 Å². The second-order valence-electron chi connectivity index (χ2n) is 8.35. The first-order valence-corrected chi connectivity index (χ1v) is 11.3. The minimum absolute atomic E-state index is 0.0399. The van der Waals surface area contributed by atoms with Gasteiger partial charge in [-0.15, -0.1) is 5.10 Å². The van der Waals surface area contributed by atoms with Crippen LogP contribution in [0.4, 0.5) is 10.5 Å². The highest BCUT2D eigenvalue weighted by Gasteiger charge is 2.60. The minimum Gasteiger partial charge on any atom is -0.281 e. The van der Waals surface area contributed by atoms with E-state index in [1.165, 1.54) is 4.90 Å². The fraction of sp³-hybridized carbons (Fsp3) is 0.0714. The van der Waals surface area contributed by atoms with E-state index in [1.54, 1.807) is 21.7 Å². The van der Waals surface area contributed by atoms with Crippen LogP contribution in [0.1, 0.15) is 11.1 Å². The van der Waals surface area contributed by atoms with E-state index < -0.39 is 11.6 Å². The predicted octanol–water partition coefficient (Wildman–Crippen LogP) is 4.80. The largest absolute Gasteiger partial charge is 0.334 e. The van der Waals surface area contributed by atoms with E-state index in [4.69, 9.17) is 0 Å². The van der Waals surface area contributed by atoms with Crippen LogP contribution in [0.2, 0.25) is 0 Å². The van der Waals surface area contributed by atoms with Crippen molar-refractivity contribution in [3.05, 3.63) is 126 Å². The Hall–Kier alpha value is -4.78. The van der Waals surface area contributed by atoms with E-state index in [-0.39, 0.29) is 12.6 Å². The molecule has 0 saturated carbocycles. The number of imide groups is 1. The zero-order valence-electron chi connectivity index (χ0n) is 18.7. The van der Waals surface area contributed by atoms with Crippen molar-refractivity contribution in [2.45, 2.75) is 12.2 Å². The van der Waals surface area contributed by atoms with Crippen molar-refractivity contribution < 1.29 is 9.59 Å². The van der Waals surface area contributed by atoms with Crippen LogP contribution in [0.3, 0.4) is 0 Å². The van der Waals surface area contributed by atoms with Crippen molar-refractivity contribution in [3.63, 3.8) is 0 Å². The average molecular weight is 460 g/mol. The molecule has 0 radical (unpaired) electrons. The number of urea groups is 1. The van der Waals surface area contributed by atoms with E-state index in [1.807, 2.05) is 103 Å². The first-order chi connectivity index (χ1) is 17.2. The molecule has 6 rings (SSSR count). The first kappa shape index (κ1) is 20.8. The Balaban J connectivity index is 1.61. The predicted molar refractivity (Wildman–Crippen MR) is 132 cm³/mol. The summed E-state index contributed by atoms with van der Waals surface area (Å²) in [6.07, 6.45) is 0. The molecular formula is C28H21N5O2. The Labute approximate surface area is 201 Å². The van der Waals surface area contributed by atoms with Gasteiger partial charge in [0, 0.05) is 0 Å². The van der Waals surface area contributed by atoms with Gasteiger partial charge in [-0.3, -0.25) is 9.69 Å². The molecule has 35 heavy (non-hydrogen) atoms. The molecule has 170 valence electrons. The Morgan fingerprint density at radius 3 is 1.83 bits per heavy atom. The topological polar surface area (TPSA) is 71.3 Å². The van der Waals surface area contributed by atoms with Crippen LogP contribution in [-0.4, -0.2) is 31.8 Å². The van der Waals surface area contributed by atoms with E-state index >= 15 is 0 Å². The fourth-order valence-corrected chi connectivity index (χ4v) is 4.84. The summed E-state index contributed by atoms with van der Waals surface area (Å²) < 4.78 is 1.66. The van der Waals surface area contributed by atoms with Crippen molar-refractivity contribution in [1.82, 2.24) is 19.9 Å². The van der Waals surface area contributed by atoms with Crippen LogP contribution in [0.15, 0.2) is 115 Å². The quantitative estimate of drug-likeness (QED) is 0.354. The average Bonchev–Trinajstić information content (AvgIpc) is 3.42. The summed E-state index contributed by atoms with van der Waals surface area (Å²) in [5, 5.41) is 8.56. The first-order valence-electron chi connectivity index (χ1n) is 11.3. The molecule has 1 aromatic heterocycles. The zero-order chi connectivity index (χ0) is 23.8. The SMILES string of the molecule is O=C1N(c2ccccc2)C(=O)C(c2ccccc2)(c2ccccc2)N1Cn1nnc2ccccc21. The van der Waals surface area contributed by atoms with Crippen LogP contribution in [-0.2, 0) is 17.0 Å². The van der Waals surface area contributed by atoms with Crippen molar-refractivity contribution in [1.29, 1.82) is 0 Å². The number of amides is 3. The molecule has 0 aliphatic carbocycles. The lowest BCUT2D eigenvalue weighted by Crippen LogP contribution is -2.48. The normalized spacial score (nSPS) is 15.2. The van der Waals surface area contributed by atoms with E-state index in [0.717, 1.165) is 11.0 Å². The third-order valence-electron chi connectivity index (χ3n) is 6.43. The molecule has 1 fully saturated rings. The summed E-state index contributed by atoms with van der Waals surface area (Å²) in [7, 11) is 0. The van der Waals surface area contributed by atoms with E-state index in [0.29, 0.717) is 16.8 Å². The maximum Gasteiger partial charge on any atom is 0.334 e. The summed E-state index contributed by atoms with van der Waals surface area (Å²) in [5.74, 6) is -0.337. The number of hydrogen-bond acceptors (Lipinski definition) is 4. The summed E-state index contributed by atoms with van der Waals surface area (Å²) in [5.41, 5.74) is 2.03. The number of carbonyl (C=O) groups is 2. The van der Waals surface area contributed by atoms with Crippen molar-refractivity contribution in [2.24, 2.45) is 0 Å². The van der Waals surface area contributed by atoms with E-state index in [2.05, 4.69) is 10.3 Å². The third-order valence-corrected chi connectivity index (χ3v) is 6.43. The molecule has 1 saturated heterocycles. The molecule has 4 aromatic carbocycles. The standard InChI is InChI=1S/C28H21N5O2/c34-26-28(21-12-4-1-5-13-21,22-14-6-2-7-15-22)31(27(35)33(26)23-16-8-3-9-17-23)20-32-25-19-11-10-18-24(25)29-30-32/h1-19H,20H2. The van der Waals surface area contributed by atoms with Gasteiger partial charge in [-0.1, -0.05) is 96.2 Å². The number of carbonyl (C=O) groups excluding carboxylic acids is 2. The van der Waals surface area contributed by atoms with Gasteiger partial charge in [0.1, 0.15) is 12.2 Å². The number of aromatic nitrogens is 3. The van der Waals surface area contributed by atoms with Crippen molar-refractivity contribution >= 4 is 28.7 Å². The van der Waals surface area contributed by atoms with Gasteiger partial charge >= 0.3 is 6.03 Å². The number of para-hydroxylation sites is 2. The van der Waals surface area contributed by atoms with E-state index in [9.17, 15) is 9.59 Å². The molecule has 0 atom stereocenters. The fourth-order valence-electron chi connectivity index (χ4n) is 4.84. The molecule has 3 amide bonds. The smallest absolute Gasteiger partial charge is 0.281 e. The number of fused-ring (bicyclic) bond motifs is 1. The maximum atomic E-state index is 14.5. The Bertz CT molecular complexity index is 1480. The molecule has 7 nitrogen and oxygen atoms in total. The van der Waals surface area contributed by atoms with Gasteiger partial charge in [-0.2, -0.15) is 0 Å². The molecule has 2 heterocycles. The van der Waals surface area contributed by atoms with Crippen LogP contribution in [0.5, 0.6) is 0 Å². The zero-order valence-corrected chi connectivity index (χ0v) is 18.7. The van der Waals surface area contributed by atoms with Crippen LogP contribution < -0.4 is 4.90 Å². The number of hydrogen-bond donors (Lipinski definition) is 0. The van der Waals surface area contributed by atoms with Gasteiger partial charge in [0.05, 0.1) is 11.2 Å². The Morgan fingerprint density at radius 2 is 1.20 bits per heavy atom. The Kier molecular flexibility index (Phi) is 4.88. The number of rotatable bonds is 5. The molecule has 5 aromatic rings. The highest BCUT2D eigenvalue weighted by atomic mass is 16.2. The number of benzene rings is 4. The van der Waals surface area contributed by atoms with Gasteiger partial charge in [-0.25, -0.2) is 14.4 Å². The highest BCUT2D eigenvalue weighted by molar-refractivity contribution is 6.24. The number of nitrogens with zero attached hydrogens (tertiary/aromatic N) is 5. The highest BCUT2D eigenvalue weighted by Crippen LogP contribution is 2.45. The number of anilines is 1. The Morgan fingerprint density at radius 1 is 0.657 bits per heavy atom. The lowest BCUT2D eigenvalue weighted by Gasteiger charge is -2.36. The van der Waals surface area contributed by atoms with Crippen molar-refractivity contribution in [2.75, 3.05) is 4.90 Å². The maximum absolute atomic E-state index is 14.5. The van der Waals surface area contributed by atoms with Gasteiger partial charge < -0.3 is 0 Å². The molecule has 1 aliphatic heterocycles. The molecule has 7 heteroatoms. The summed E-state index contributed by atoms with van der Waals surface area (Å²) in [6.45, 7) is 0.0399. The molecular weight excluding hydrogens is 438 g/mol. The summed E-state index contributed by atoms with van der Waals surface area (Å²) >= 11 is 0. The minimum atomic E-state index is -1.39. The summed E-state index contributed by atoms with van der Waals surface area (Å²) in [4.78, 5) is 31.4. The van der Waals surface area contributed by atoms with Crippen molar-refractivity contribution in [3.8, 4) is 0 Å². The van der Waals surface area contributed by atoms with Crippen LogP contribution in [0.25, 0.3) is 11.0 Å². The van der Waals surface area contributed by atoms with Gasteiger partial charge in [0.2, 0.25) is 0 Å². The summed E-state index contributed by atoms with van der Waals surface area (Å²) in [6, 6.07) is 35.0. The van der Waals surface area contributed by atoms with Crippen LogP contribution >= 0.6 is 0 Å². The van der Waals surface area contributed by atoms with Gasteiger partial charge in [0.25, 0.3) is 5.91 Å². The van der Waals surface area contributed by atoms with Gasteiger partial charge in [-0.05, 0) is 35.4 Å². The molecule has 0 unspecified atom stereocenters. The molecule has 1 aliphatic rings. The lowest BCUT2D eigenvalue weighted by atomic mass is 9.81. The third kappa shape index (κ3) is 3.13. The molecule has 0 bridgehead atoms. The lowest BCUT2D eigenvalue weighted by molar-refractivity contribution is -0.124. The molecule has 0 spiro atoms.